The number of phenolic OH excluding ortho intramolecular Hbond substituents is 1. The van der Waals surface area contributed by atoms with E-state index in [0.717, 1.165) is 11.3 Å². The number of nitrogens with zero attached hydrogens (tertiary/aromatic N) is 2. The van der Waals surface area contributed by atoms with E-state index in [0.29, 0.717) is 0 Å². The van der Waals surface area contributed by atoms with Crippen molar-refractivity contribution in [3.63, 3.8) is 0 Å². The average molecular weight is 171 g/mol. The molecule has 1 aromatic carbocycles. The van der Waals surface area contributed by atoms with E-state index in [-0.39, 0.29) is 5.75 Å². The fourth-order valence-electron chi connectivity index (χ4n) is 1.09. The van der Waals surface area contributed by atoms with Gasteiger partial charge in [0.05, 0.1) is 5.69 Å². The number of phenols is 1. The third-order valence-corrected chi connectivity index (χ3v) is 1.68. The summed E-state index contributed by atoms with van der Waals surface area (Å²) in [5.41, 5.74) is 1.62. The van der Waals surface area contributed by atoms with Crippen molar-refractivity contribution in [3.8, 4) is 17.0 Å². The van der Waals surface area contributed by atoms with Crippen LogP contribution in [0.4, 0.5) is 0 Å². The van der Waals surface area contributed by atoms with Crippen molar-refractivity contribution in [2.45, 2.75) is 0 Å². The van der Waals surface area contributed by atoms with E-state index < -0.39 is 0 Å². The van der Waals surface area contributed by atoms with E-state index in [4.69, 9.17) is 0 Å². The molecule has 0 saturated carbocycles. The van der Waals surface area contributed by atoms with E-state index >= 15 is 0 Å². The molecule has 0 bridgehead atoms. The molecule has 2 rings (SSSR count). The third kappa shape index (κ3) is 1.64. The highest BCUT2D eigenvalue weighted by Gasteiger charge is 1.98. The van der Waals surface area contributed by atoms with Crippen LogP contribution in [0.2, 0.25) is 0 Å². The van der Waals surface area contributed by atoms with E-state index in [1.54, 1.807) is 30.5 Å². The van der Waals surface area contributed by atoms with Gasteiger partial charge in [-0.05, 0) is 18.2 Å². The molecule has 13 heavy (non-hydrogen) atoms. The third-order valence-electron chi connectivity index (χ3n) is 1.68. The molecule has 2 aromatic rings. The fourth-order valence-corrected chi connectivity index (χ4v) is 1.09. The highest BCUT2D eigenvalue weighted by Crippen LogP contribution is 2.19. The molecule has 0 aliphatic heterocycles. The van der Waals surface area contributed by atoms with Crippen LogP contribution in [0.25, 0.3) is 11.3 Å². The zero-order valence-electron chi connectivity index (χ0n) is 6.81. The molecule has 0 unspecified atom stereocenters. The number of rotatable bonds is 1. The zero-order valence-corrected chi connectivity index (χ0v) is 6.81. The Kier molecular flexibility index (Phi) is 1.92. The second-order valence-corrected chi connectivity index (χ2v) is 2.59. The minimum absolute atomic E-state index is 0.233. The highest BCUT2D eigenvalue weighted by atomic mass is 16.3. The summed E-state index contributed by atoms with van der Waals surface area (Å²) in [6, 6.07) is 8.68. The Morgan fingerprint density at radius 3 is 2.85 bits per heavy atom. The molecule has 1 heterocycles. The number of aromatic hydroxyl groups is 1. The first-order chi connectivity index (χ1) is 6.36. The molecular formula is C10H7N2O. The first-order valence-corrected chi connectivity index (χ1v) is 3.85. The molecule has 63 valence electrons. The highest BCUT2D eigenvalue weighted by molar-refractivity contribution is 5.60. The van der Waals surface area contributed by atoms with E-state index in [1.165, 1.54) is 0 Å². The lowest BCUT2D eigenvalue weighted by Gasteiger charge is -1.98. The van der Waals surface area contributed by atoms with E-state index in [2.05, 4.69) is 16.3 Å². The molecule has 0 amide bonds. The maximum Gasteiger partial charge on any atom is 0.198 e. The number of benzene rings is 1. The molecule has 0 saturated heterocycles. The van der Waals surface area contributed by atoms with Gasteiger partial charge >= 0.3 is 0 Å². The molecule has 0 aliphatic carbocycles. The van der Waals surface area contributed by atoms with Gasteiger partial charge < -0.3 is 5.11 Å². The fraction of sp³-hybridized carbons (Fsp3) is 0. The SMILES string of the molecule is Oc1cccc(-c2ccn[c]n2)c1. The van der Waals surface area contributed by atoms with Gasteiger partial charge in [0, 0.05) is 11.8 Å². The Hall–Kier alpha value is -1.90. The quantitative estimate of drug-likeness (QED) is 0.709. The summed E-state index contributed by atoms with van der Waals surface area (Å²) in [5, 5.41) is 9.22. The van der Waals surface area contributed by atoms with Gasteiger partial charge in [-0.15, -0.1) is 0 Å². The van der Waals surface area contributed by atoms with Crippen LogP contribution >= 0.6 is 0 Å². The smallest absolute Gasteiger partial charge is 0.198 e. The lowest BCUT2D eigenvalue weighted by Crippen LogP contribution is -1.83. The van der Waals surface area contributed by atoms with Crippen molar-refractivity contribution < 1.29 is 5.11 Å². The number of aromatic nitrogens is 2. The van der Waals surface area contributed by atoms with Crippen molar-refractivity contribution in [2.24, 2.45) is 0 Å². The van der Waals surface area contributed by atoms with Crippen LogP contribution in [0.15, 0.2) is 36.5 Å². The molecule has 0 spiro atoms. The zero-order chi connectivity index (χ0) is 9.10. The number of hydrogen-bond acceptors (Lipinski definition) is 3. The van der Waals surface area contributed by atoms with Crippen molar-refractivity contribution in [1.29, 1.82) is 0 Å². The van der Waals surface area contributed by atoms with E-state index in [1.807, 2.05) is 6.07 Å². The largest absolute Gasteiger partial charge is 0.508 e. The van der Waals surface area contributed by atoms with Gasteiger partial charge in [0.15, 0.2) is 6.33 Å². The second-order valence-electron chi connectivity index (χ2n) is 2.59. The normalized spacial score (nSPS) is 9.85. The summed E-state index contributed by atoms with van der Waals surface area (Å²) in [5.74, 6) is 0.233. The van der Waals surface area contributed by atoms with Gasteiger partial charge in [0.2, 0.25) is 0 Å². The Balaban J connectivity index is 2.48. The molecule has 3 nitrogen and oxygen atoms in total. The lowest BCUT2D eigenvalue weighted by atomic mass is 10.1. The minimum Gasteiger partial charge on any atom is -0.508 e. The van der Waals surface area contributed by atoms with Gasteiger partial charge in [-0.3, -0.25) is 0 Å². The summed E-state index contributed by atoms with van der Waals surface area (Å²) in [6.07, 6.45) is 4.11. The first kappa shape index (κ1) is 7.73. The molecule has 0 atom stereocenters. The minimum atomic E-state index is 0.233. The van der Waals surface area contributed by atoms with Crippen molar-refractivity contribution in [3.05, 3.63) is 42.9 Å². The van der Waals surface area contributed by atoms with Gasteiger partial charge in [-0.1, -0.05) is 12.1 Å². The van der Waals surface area contributed by atoms with Gasteiger partial charge in [-0.2, -0.15) is 0 Å². The predicted octanol–water partition coefficient (Wildman–Crippen LogP) is 1.65. The molecular weight excluding hydrogens is 164 g/mol. The molecule has 3 heteroatoms. The van der Waals surface area contributed by atoms with Gasteiger partial charge in [-0.25, -0.2) is 9.97 Å². The van der Waals surface area contributed by atoms with Crippen LogP contribution in [-0.4, -0.2) is 15.1 Å². The Morgan fingerprint density at radius 2 is 2.15 bits per heavy atom. The van der Waals surface area contributed by atoms with Crippen LogP contribution in [-0.2, 0) is 0 Å². The summed E-state index contributed by atoms with van der Waals surface area (Å²) in [7, 11) is 0. The van der Waals surface area contributed by atoms with Crippen molar-refractivity contribution in [1.82, 2.24) is 9.97 Å². The van der Waals surface area contributed by atoms with Crippen LogP contribution in [0.3, 0.4) is 0 Å². The molecule has 0 aliphatic rings. The van der Waals surface area contributed by atoms with Crippen molar-refractivity contribution in [2.75, 3.05) is 0 Å². The van der Waals surface area contributed by atoms with Crippen LogP contribution in [0, 0.1) is 6.33 Å². The molecule has 0 fully saturated rings. The van der Waals surface area contributed by atoms with Crippen LogP contribution < -0.4 is 0 Å². The molecule has 1 aromatic heterocycles. The molecule has 1 radical (unpaired) electrons. The summed E-state index contributed by atoms with van der Waals surface area (Å²) < 4.78 is 0. The van der Waals surface area contributed by atoms with E-state index in [9.17, 15) is 5.11 Å². The monoisotopic (exact) mass is 171 g/mol. The Labute approximate surface area is 75.7 Å². The Morgan fingerprint density at radius 1 is 1.23 bits per heavy atom. The topological polar surface area (TPSA) is 46.0 Å². The number of hydrogen-bond donors (Lipinski definition) is 1. The lowest BCUT2D eigenvalue weighted by molar-refractivity contribution is 0.475. The van der Waals surface area contributed by atoms with Crippen LogP contribution in [0.5, 0.6) is 5.75 Å². The Bertz CT molecular complexity index is 401. The summed E-state index contributed by atoms with van der Waals surface area (Å²) in [4.78, 5) is 7.64. The average Bonchev–Trinajstić information content (AvgIpc) is 2.19. The molecule has 1 N–H and O–H groups in total. The van der Waals surface area contributed by atoms with Crippen molar-refractivity contribution >= 4 is 0 Å². The van der Waals surface area contributed by atoms with Crippen LogP contribution in [0.1, 0.15) is 0 Å². The second kappa shape index (κ2) is 3.23. The van der Waals surface area contributed by atoms with Gasteiger partial charge in [0.1, 0.15) is 5.75 Å². The maximum absolute atomic E-state index is 9.22. The summed E-state index contributed by atoms with van der Waals surface area (Å²) >= 11 is 0. The maximum atomic E-state index is 9.22. The standard InChI is InChI=1S/C10H7N2O/c13-9-3-1-2-8(6-9)10-4-5-11-7-12-10/h1-6,13H. The van der Waals surface area contributed by atoms with Gasteiger partial charge in [0.25, 0.3) is 0 Å². The first-order valence-electron chi connectivity index (χ1n) is 3.85. The predicted molar refractivity (Wildman–Crippen MR) is 48.0 cm³/mol. The summed E-state index contributed by atoms with van der Waals surface area (Å²) in [6.45, 7) is 0.